The first-order valence-corrected chi connectivity index (χ1v) is 6.14. The molecule has 1 aromatic carbocycles. The van der Waals surface area contributed by atoms with Gasteiger partial charge in [-0.25, -0.2) is 4.39 Å². The van der Waals surface area contributed by atoms with E-state index in [1.165, 1.54) is 12.1 Å². The fraction of sp³-hybridized carbons (Fsp3) is 0.571. The Bertz CT molecular complexity index is 388. The molecule has 1 aromatic rings. The first-order chi connectivity index (χ1) is 8.28. The van der Waals surface area contributed by atoms with E-state index in [2.05, 4.69) is 26.1 Å². The molecule has 0 heterocycles. The summed E-state index contributed by atoms with van der Waals surface area (Å²) < 4.78 is 13.1. The lowest BCUT2D eigenvalue weighted by Crippen LogP contribution is -2.29. The van der Waals surface area contributed by atoms with Crippen LogP contribution in [0.25, 0.3) is 0 Å². The van der Waals surface area contributed by atoms with Crippen LogP contribution >= 0.6 is 0 Å². The maximum absolute atomic E-state index is 13.1. The minimum atomic E-state index is -0.621. The number of phenols is 1. The van der Waals surface area contributed by atoms with Crippen molar-refractivity contribution in [2.45, 2.75) is 39.8 Å². The monoisotopic (exact) mass is 255 g/mol. The van der Waals surface area contributed by atoms with Gasteiger partial charge in [0.1, 0.15) is 0 Å². The van der Waals surface area contributed by atoms with E-state index < -0.39 is 11.9 Å². The topological polar surface area (TPSA) is 52.5 Å². The van der Waals surface area contributed by atoms with Gasteiger partial charge in [0.15, 0.2) is 11.6 Å². The largest absolute Gasteiger partial charge is 0.505 e. The summed E-state index contributed by atoms with van der Waals surface area (Å²) in [7, 11) is 0. The van der Waals surface area contributed by atoms with Crippen molar-refractivity contribution in [1.29, 1.82) is 0 Å². The minimum Gasteiger partial charge on any atom is -0.505 e. The van der Waals surface area contributed by atoms with Gasteiger partial charge in [-0.2, -0.15) is 0 Å². The van der Waals surface area contributed by atoms with Crippen LogP contribution in [0.4, 0.5) is 4.39 Å². The Kier molecular flexibility index (Phi) is 5.11. The summed E-state index contributed by atoms with van der Waals surface area (Å²) >= 11 is 0. The third kappa shape index (κ3) is 5.47. The molecule has 0 amide bonds. The molecule has 102 valence electrons. The number of rotatable bonds is 5. The molecule has 0 spiro atoms. The van der Waals surface area contributed by atoms with Crippen molar-refractivity contribution >= 4 is 0 Å². The highest BCUT2D eigenvalue weighted by Crippen LogP contribution is 2.20. The van der Waals surface area contributed by atoms with Gasteiger partial charge in [-0.1, -0.05) is 26.8 Å². The molecular weight excluding hydrogens is 233 g/mol. The van der Waals surface area contributed by atoms with Crippen LogP contribution in [0.5, 0.6) is 5.75 Å². The molecule has 0 aliphatic heterocycles. The molecule has 3 N–H and O–H groups in total. The van der Waals surface area contributed by atoms with Crippen molar-refractivity contribution in [1.82, 2.24) is 5.32 Å². The van der Waals surface area contributed by atoms with E-state index in [4.69, 9.17) is 5.11 Å². The minimum absolute atomic E-state index is 0.0890. The Labute approximate surface area is 108 Å². The van der Waals surface area contributed by atoms with E-state index in [9.17, 15) is 9.50 Å². The highest BCUT2D eigenvalue weighted by atomic mass is 19.1. The van der Waals surface area contributed by atoms with Gasteiger partial charge in [0, 0.05) is 13.1 Å². The predicted octanol–water partition coefficient (Wildman–Crippen LogP) is 2.42. The number of hydrogen-bond donors (Lipinski definition) is 3. The highest BCUT2D eigenvalue weighted by Gasteiger charge is 2.16. The average Bonchev–Trinajstić information content (AvgIpc) is 2.20. The number of nitrogens with one attached hydrogen (secondary N) is 1. The average molecular weight is 255 g/mol. The Hall–Kier alpha value is -1.13. The lowest BCUT2D eigenvalue weighted by Gasteiger charge is -2.22. The van der Waals surface area contributed by atoms with Crippen LogP contribution in [0.1, 0.15) is 32.8 Å². The van der Waals surface area contributed by atoms with Gasteiger partial charge in [0.05, 0.1) is 6.10 Å². The standard InChI is InChI=1S/C14H22FNO2/c1-14(2,3)7-11(17)9-16-8-10-4-5-13(18)12(15)6-10/h4-6,11,16-18H,7-9H2,1-3H3. The molecule has 3 nitrogen and oxygen atoms in total. The lowest BCUT2D eigenvalue weighted by atomic mass is 9.89. The summed E-state index contributed by atoms with van der Waals surface area (Å²) in [5.41, 5.74) is 0.833. The third-order valence-electron chi connectivity index (χ3n) is 2.57. The van der Waals surface area contributed by atoms with Crippen LogP contribution in [0, 0.1) is 11.2 Å². The lowest BCUT2D eigenvalue weighted by molar-refractivity contribution is 0.119. The molecule has 0 bridgehead atoms. The SMILES string of the molecule is CC(C)(C)CC(O)CNCc1ccc(O)c(F)c1. The van der Waals surface area contributed by atoms with Crippen LogP contribution in [0.15, 0.2) is 18.2 Å². The zero-order chi connectivity index (χ0) is 13.8. The smallest absolute Gasteiger partial charge is 0.165 e. The van der Waals surface area contributed by atoms with E-state index >= 15 is 0 Å². The highest BCUT2D eigenvalue weighted by molar-refractivity contribution is 5.27. The second-order valence-electron chi connectivity index (χ2n) is 5.84. The molecule has 0 aliphatic carbocycles. The van der Waals surface area contributed by atoms with Crippen molar-refractivity contribution in [3.63, 3.8) is 0 Å². The van der Waals surface area contributed by atoms with E-state index in [0.29, 0.717) is 19.5 Å². The Morgan fingerprint density at radius 1 is 1.33 bits per heavy atom. The first-order valence-electron chi connectivity index (χ1n) is 6.14. The van der Waals surface area contributed by atoms with Crippen molar-refractivity contribution in [2.75, 3.05) is 6.54 Å². The number of phenolic OH excluding ortho intramolecular Hbond substituents is 1. The van der Waals surface area contributed by atoms with Gasteiger partial charge >= 0.3 is 0 Å². The Morgan fingerprint density at radius 2 is 2.00 bits per heavy atom. The van der Waals surface area contributed by atoms with Crippen molar-refractivity contribution in [2.24, 2.45) is 5.41 Å². The molecule has 0 radical (unpaired) electrons. The number of halogens is 1. The zero-order valence-electron chi connectivity index (χ0n) is 11.2. The maximum atomic E-state index is 13.1. The number of aromatic hydroxyl groups is 1. The summed E-state index contributed by atoms with van der Waals surface area (Å²) in [5, 5.41) is 21.9. The number of aliphatic hydroxyl groups excluding tert-OH is 1. The fourth-order valence-corrected chi connectivity index (χ4v) is 1.82. The van der Waals surface area contributed by atoms with E-state index in [0.717, 1.165) is 5.56 Å². The molecule has 0 saturated carbocycles. The number of aliphatic hydroxyl groups is 1. The summed E-state index contributed by atoms with van der Waals surface area (Å²) in [4.78, 5) is 0. The number of hydrogen-bond acceptors (Lipinski definition) is 3. The van der Waals surface area contributed by atoms with E-state index in [1.54, 1.807) is 6.07 Å². The molecule has 18 heavy (non-hydrogen) atoms. The van der Waals surface area contributed by atoms with Gasteiger partial charge in [-0.15, -0.1) is 0 Å². The molecule has 0 aromatic heterocycles. The molecule has 0 saturated heterocycles. The van der Waals surface area contributed by atoms with Crippen molar-refractivity contribution < 1.29 is 14.6 Å². The van der Waals surface area contributed by atoms with E-state index in [1.807, 2.05) is 0 Å². The van der Waals surface area contributed by atoms with Crippen molar-refractivity contribution in [3.8, 4) is 5.75 Å². The van der Waals surface area contributed by atoms with Crippen LogP contribution < -0.4 is 5.32 Å². The van der Waals surface area contributed by atoms with Crippen LogP contribution in [0.3, 0.4) is 0 Å². The quantitative estimate of drug-likeness (QED) is 0.757. The normalized spacial score (nSPS) is 13.6. The van der Waals surface area contributed by atoms with Gasteiger partial charge in [0.2, 0.25) is 0 Å². The molecule has 0 fully saturated rings. The van der Waals surface area contributed by atoms with Crippen molar-refractivity contribution in [3.05, 3.63) is 29.6 Å². The molecule has 4 heteroatoms. The summed E-state index contributed by atoms with van der Waals surface area (Å²) in [6.07, 6.45) is 0.302. The van der Waals surface area contributed by atoms with Gasteiger partial charge in [0.25, 0.3) is 0 Å². The predicted molar refractivity (Wildman–Crippen MR) is 69.9 cm³/mol. The second-order valence-corrected chi connectivity index (χ2v) is 5.84. The summed E-state index contributed by atoms with van der Waals surface area (Å²) in [5.74, 6) is -0.962. The first kappa shape index (κ1) is 14.9. The van der Waals surface area contributed by atoms with Gasteiger partial charge in [-0.3, -0.25) is 0 Å². The molecule has 1 unspecified atom stereocenters. The number of benzene rings is 1. The third-order valence-corrected chi connectivity index (χ3v) is 2.57. The zero-order valence-corrected chi connectivity index (χ0v) is 11.2. The van der Waals surface area contributed by atoms with Crippen LogP contribution in [0.2, 0.25) is 0 Å². The Morgan fingerprint density at radius 3 is 2.56 bits per heavy atom. The molecule has 1 rings (SSSR count). The second kappa shape index (κ2) is 6.16. The van der Waals surface area contributed by atoms with Gasteiger partial charge < -0.3 is 15.5 Å². The van der Waals surface area contributed by atoms with Gasteiger partial charge in [-0.05, 0) is 29.5 Å². The maximum Gasteiger partial charge on any atom is 0.165 e. The summed E-state index contributed by atoms with van der Waals surface area (Å²) in [6, 6.07) is 4.28. The van der Waals surface area contributed by atoms with E-state index in [-0.39, 0.29) is 11.2 Å². The molecule has 0 aliphatic rings. The molecule has 1 atom stereocenters. The fourth-order valence-electron chi connectivity index (χ4n) is 1.82. The van der Waals surface area contributed by atoms with Crippen LogP contribution in [-0.4, -0.2) is 22.9 Å². The van der Waals surface area contributed by atoms with Crippen LogP contribution in [-0.2, 0) is 6.54 Å². The Balaban J connectivity index is 2.35. The molecular formula is C14H22FNO2. The summed E-state index contributed by atoms with van der Waals surface area (Å²) in [6.45, 7) is 7.17.